The number of carboxylic acid groups (broad SMARTS) is 1. The quantitative estimate of drug-likeness (QED) is 0.706. The number of furan rings is 1. The van der Waals surface area contributed by atoms with Crippen molar-refractivity contribution >= 4 is 17.8 Å². The predicted molar refractivity (Wildman–Crippen MR) is 90.1 cm³/mol. The first kappa shape index (κ1) is 18.3. The third-order valence-electron chi connectivity index (χ3n) is 4.02. The van der Waals surface area contributed by atoms with Crippen molar-refractivity contribution in [3.8, 4) is 0 Å². The Bertz CT molecular complexity index is 742. The number of hydrogen-bond acceptors (Lipinski definition) is 4. The van der Waals surface area contributed by atoms with E-state index in [1.165, 1.54) is 25.5 Å². The summed E-state index contributed by atoms with van der Waals surface area (Å²) in [5, 5.41) is 14.7. The summed E-state index contributed by atoms with van der Waals surface area (Å²) in [7, 11) is 0. The molecular formula is C18H20N2O5. The number of benzene rings is 1. The molecule has 0 bridgehead atoms. The zero-order chi connectivity index (χ0) is 18.4. The molecule has 2 atom stereocenters. The van der Waals surface area contributed by atoms with Crippen LogP contribution in [0.5, 0.6) is 0 Å². The Morgan fingerprint density at radius 1 is 1.20 bits per heavy atom. The molecule has 0 fully saturated rings. The molecule has 2 rings (SSSR count). The lowest BCUT2D eigenvalue weighted by molar-refractivity contribution is -0.143. The number of hydrogen-bond donors (Lipinski definition) is 3. The maximum absolute atomic E-state index is 12.2. The summed E-state index contributed by atoms with van der Waals surface area (Å²) in [6.07, 6.45) is 2.63. The van der Waals surface area contributed by atoms with Crippen LogP contribution in [0.15, 0.2) is 53.3 Å². The Kier molecular flexibility index (Phi) is 5.59. The van der Waals surface area contributed by atoms with Crippen LogP contribution in [0.2, 0.25) is 0 Å². The molecular weight excluding hydrogens is 324 g/mol. The fraction of sp³-hybridized carbons (Fsp3) is 0.278. The van der Waals surface area contributed by atoms with Crippen LogP contribution in [-0.2, 0) is 15.0 Å². The zero-order valence-electron chi connectivity index (χ0n) is 14.0. The Labute approximate surface area is 145 Å². The normalized spacial score (nSPS) is 14.2. The highest BCUT2D eigenvalue weighted by molar-refractivity contribution is 5.97. The monoisotopic (exact) mass is 344 g/mol. The van der Waals surface area contributed by atoms with E-state index in [1.807, 2.05) is 0 Å². The van der Waals surface area contributed by atoms with Gasteiger partial charge >= 0.3 is 5.97 Å². The molecule has 2 aromatic rings. The lowest BCUT2D eigenvalue weighted by atomic mass is 9.82. The van der Waals surface area contributed by atoms with Crippen LogP contribution in [0, 0.1) is 0 Å². The van der Waals surface area contributed by atoms with E-state index in [4.69, 9.17) is 4.42 Å². The average molecular weight is 344 g/mol. The highest BCUT2D eigenvalue weighted by Crippen LogP contribution is 2.23. The SMILES string of the molecule is CC(NC(=O)c1ccoc1)C(=O)NCC(C)(C(=O)O)c1ccccc1. The topological polar surface area (TPSA) is 109 Å². The predicted octanol–water partition coefficient (Wildman–Crippen LogP) is 1.56. The van der Waals surface area contributed by atoms with Crippen LogP contribution in [-0.4, -0.2) is 35.5 Å². The van der Waals surface area contributed by atoms with Gasteiger partial charge in [0.25, 0.3) is 5.91 Å². The molecule has 2 amide bonds. The van der Waals surface area contributed by atoms with Crippen molar-refractivity contribution in [2.24, 2.45) is 0 Å². The Morgan fingerprint density at radius 3 is 2.44 bits per heavy atom. The molecule has 0 aliphatic heterocycles. The number of amides is 2. The van der Waals surface area contributed by atoms with Gasteiger partial charge in [0.2, 0.25) is 5.91 Å². The Hall–Kier alpha value is -3.09. The van der Waals surface area contributed by atoms with Gasteiger partial charge in [0, 0.05) is 6.54 Å². The van der Waals surface area contributed by atoms with Crippen molar-refractivity contribution in [3.05, 3.63) is 60.1 Å². The van der Waals surface area contributed by atoms with E-state index in [0.717, 1.165) is 0 Å². The summed E-state index contributed by atoms with van der Waals surface area (Å²) in [5.41, 5.74) is -0.386. The molecule has 3 N–H and O–H groups in total. The number of aliphatic carboxylic acids is 1. The second-order valence-electron chi connectivity index (χ2n) is 5.93. The third-order valence-corrected chi connectivity index (χ3v) is 4.02. The van der Waals surface area contributed by atoms with Gasteiger partial charge in [0.1, 0.15) is 17.7 Å². The molecule has 1 aromatic carbocycles. The summed E-state index contributed by atoms with van der Waals surface area (Å²) in [6.45, 7) is 2.96. The molecule has 0 radical (unpaired) electrons. The molecule has 0 saturated heterocycles. The van der Waals surface area contributed by atoms with Gasteiger partial charge in [-0.2, -0.15) is 0 Å². The third kappa shape index (κ3) is 4.26. The molecule has 1 aromatic heterocycles. The van der Waals surface area contributed by atoms with Crippen LogP contribution >= 0.6 is 0 Å². The second kappa shape index (κ2) is 7.65. The maximum atomic E-state index is 12.2. The van der Waals surface area contributed by atoms with Crippen LogP contribution in [0.1, 0.15) is 29.8 Å². The summed E-state index contributed by atoms with van der Waals surface area (Å²) in [4.78, 5) is 35.8. The molecule has 0 aliphatic carbocycles. The number of rotatable bonds is 7. The number of nitrogens with one attached hydrogen (secondary N) is 2. The molecule has 2 unspecified atom stereocenters. The van der Waals surface area contributed by atoms with Crippen molar-refractivity contribution in [1.29, 1.82) is 0 Å². The summed E-state index contributed by atoms with van der Waals surface area (Å²) in [5.74, 6) is -1.96. The molecule has 1 heterocycles. The van der Waals surface area contributed by atoms with E-state index in [2.05, 4.69) is 10.6 Å². The van der Waals surface area contributed by atoms with Gasteiger partial charge in [-0.05, 0) is 25.5 Å². The van der Waals surface area contributed by atoms with E-state index < -0.39 is 29.2 Å². The molecule has 0 aliphatic rings. The zero-order valence-corrected chi connectivity index (χ0v) is 14.0. The molecule has 7 heteroatoms. The van der Waals surface area contributed by atoms with Crippen molar-refractivity contribution in [3.63, 3.8) is 0 Å². The number of carboxylic acids is 1. The number of carbonyl (C=O) groups excluding carboxylic acids is 2. The first-order valence-electron chi connectivity index (χ1n) is 7.74. The Morgan fingerprint density at radius 2 is 1.88 bits per heavy atom. The fourth-order valence-corrected chi connectivity index (χ4v) is 2.26. The minimum atomic E-state index is -1.27. The van der Waals surface area contributed by atoms with Crippen molar-refractivity contribution < 1.29 is 23.9 Å². The van der Waals surface area contributed by atoms with Crippen LogP contribution in [0.4, 0.5) is 0 Å². The highest BCUT2D eigenvalue weighted by Gasteiger charge is 2.36. The van der Waals surface area contributed by atoms with E-state index in [9.17, 15) is 19.5 Å². The lowest BCUT2D eigenvalue weighted by Crippen LogP contribution is -2.50. The minimum absolute atomic E-state index is 0.100. The first-order valence-corrected chi connectivity index (χ1v) is 7.74. The standard InChI is InChI=1S/C18H20N2O5/c1-12(20-16(22)13-8-9-25-10-13)15(21)19-11-18(2,17(23)24)14-6-4-3-5-7-14/h3-10,12H,11H2,1-2H3,(H,19,21)(H,20,22)(H,23,24). The van der Waals surface area contributed by atoms with Gasteiger partial charge in [-0.3, -0.25) is 14.4 Å². The van der Waals surface area contributed by atoms with Gasteiger partial charge in [0.15, 0.2) is 0 Å². The largest absolute Gasteiger partial charge is 0.481 e. The van der Waals surface area contributed by atoms with E-state index in [-0.39, 0.29) is 6.54 Å². The van der Waals surface area contributed by atoms with Crippen LogP contribution < -0.4 is 10.6 Å². The fourth-order valence-electron chi connectivity index (χ4n) is 2.26. The second-order valence-corrected chi connectivity index (χ2v) is 5.93. The van der Waals surface area contributed by atoms with Gasteiger partial charge in [-0.15, -0.1) is 0 Å². The van der Waals surface area contributed by atoms with Crippen LogP contribution in [0.25, 0.3) is 0 Å². The molecule has 132 valence electrons. The lowest BCUT2D eigenvalue weighted by Gasteiger charge is -2.26. The summed E-state index contributed by atoms with van der Waals surface area (Å²) >= 11 is 0. The molecule has 0 spiro atoms. The van der Waals surface area contributed by atoms with E-state index in [1.54, 1.807) is 37.3 Å². The van der Waals surface area contributed by atoms with Crippen molar-refractivity contribution in [2.75, 3.05) is 6.54 Å². The van der Waals surface area contributed by atoms with Gasteiger partial charge in [-0.25, -0.2) is 0 Å². The molecule has 25 heavy (non-hydrogen) atoms. The smallest absolute Gasteiger partial charge is 0.315 e. The summed E-state index contributed by atoms with van der Waals surface area (Å²) < 4.78 is 4.82. The van der Waals surface area contributed by atoms with Gasteiger partial charge in [-0.1, -0.05) is 30.3 Å². The number of carbonyl (C=O) groups is 3. The van der Waals surface area contributed by atoms with E-state index in [0.29, 0.717) is 11.1 Å². The molecule has 7 nitrogen and oxygen atoms in total. The van der Waals surface area contributed by atoms with Crippen LogP contribution in [0.3, 0.4) is 0 Å². The minimum Gasteiger partial charge on any atom is -0.481 e. The summed E-state index contributed by atoms with van der Waals surface area (Å²) in [6, 6.07) is 9.33. The first-order chi connectivity index (χ1) is 11.8. The Balaban J connectivity index is 1.99. The maximum Gasteiger partial charge on any atom is 0.315 e. The van der Waals surface area contributed by atoms with Gasteiger partial charge < -0.3 is 20.2 Å². The molecule has 0 saturated carbocycles. The van der Waals surface area contributed by atoms with Crippen molar-refractivity contribution in [2.45, 2.75) is 25.3 Å². The van der Waals surface area contributed by atoms with Gasteiger partial charge in [0.05, 0.1) is 11.8 Å². The van der Waals surface area contributed by atoms with E-state index >= 15 is 0 Å². The highest BCUT2D eigenvalue weighted by atomic mass is 16.4. The average Bonchev–Trinajstić information content (AvgIpc) is 3.14. The van der Waals surface area contributed by atoms with Crippen molar-refractivity contribution in [1.82, 2.24) is 10.6 Å².